The Morgan fingerprint density at radius 2 is 1.92 bits per heavy atom. The number of phosphoric ester groups is 1. The number of phenols is 1. The summed E-state index contributed by atoms with van der Waals surface area (Å²) in [6.07, 6.45) is 5.91. The standard InChI is InChI=1S/C29H35O7P/c1-5-9-21-17-25(30)27(24-16-20(4)12-13-23(24)19(2)3)26(18-21)34-28(31)29(14-15-29)36-37(32,33)35-22-10-7-6-8-11-22/h6-8,10-11,16-18,23-24,30H,2,5,9,12-15H2,1,3-4H3,(H,32,33)/t23-,24+/m0/s1. The average molecular weight is 527 g/mol. The summed E-state index contributed by atoms with van der Waals surface area (Å²) in [5.41, 5.74) is 1.95. The molecule has 7 nitrogen and oxygen atoms in total. The molecule has 0 amide bonds. The molecule has 1 fully saturated rings. The van der Waals surface area contributed by atoms with Gasteiger partial charge in [-0.1, -0.05) is 55.3 Å². The van der Waals surface area contributed by atoms with Gasteiger partial charge in [-0.25, -0.2) is 9.36 Å². The minimum Gasteiger partial charge on any atom is -0.507 e. The van der Waals surface area contributed by atoms with Gasteiger partial charge in [0.05, 0.1) is 0 Å². The summed E-state index contributed by atoms with van der Waals surface area (Å²) in [7, 11) is -4.60. The fourth-order valence-corrected chi connectivity index (χ4v) is 6.04. The van der Waals surface area contributed by atoms with Gasteiger partial charge in [0.25, 0.3) is 0 Å². The number of rotatable bonds is 10. The van der Waals surface area contributed by atoms with Crippen molar-refractivity contribution < 1.29 is 33.1 Å². The summed E-state index contributed by atoms with van der Waals surface area (Å²) in [6, 6.07) is 11.6. The van der Waals surface area contributed by atoms with Crippen molar-refractivity contribution in [2.24, 2.45) is 5.92 Å². The Bertz CT molecular complexity index is 1250. The van der Waals surface area contributed by atoms with Crippen LogP contribution in [-0.2, 0) is 20.3 Å². The van der Waals surface area contributed by atoms with Crippen LogP contribution in [0.1, 0.15) is 69.9 Å². The van der Waals surface area contributed by atoms with Crippen LogP contribution in [0.25, 0.3) is 0 Å². The van der Waals surface area contributed by atoms with Gasteiger partial charge < -0.3 is 14.4 Å². The number of allylic oxidation sites excluding steroid dienone is 3. The van der Waals surface area contributed by atoms with Gasteiger partial charge in [0, 0.05) is 11.5 Å². The van der Waals surface area contributed by atoms with Crippen molar-refractivity contribution in [3.05, 3.63) is 77.4 Å². The Balaban J connectivity index is 1.64. The maximum Gasteiger partial charge on any atom is 0.528 e. The molecule has 0 radical (unpaired) electrons. The summed E-state index contributed by atoms with van der Waals surface area (Å²) in [4.78, 5) is 23.7. The van der Waals surface area contributed by atoms with Crippen molar-refractivity contribution in [1.29, 1.82) is 0 Å². The Labute approximate surface area is 218 Å². The molecule has 37 heavy (non-hydrogen) atoms. The maximum absolute atomic E-state index is 13.4. The molecule has 2 aliphatic carbocycles. The second-order valence-electron chi connectivity index (χ2n) is 10.2. The van der Waals surface area contributed by atoms with E-state index in [1.165, 1.54) is 17.7 Å². The third kappa shape index (κ3) is 6.35. The zero-order valence-corrected chi connectivity index (χ0v) is 22.5. The highest BCUT2D eigenvalue weighted by molar-refractivity contribution is 7.48. The van der Waals surface area contributed by atoms with Crippen molar-refractivity contribution in [1.82, 2.24) is 0 Å². The van der Waals surface area contributed by atoms with Crippen LogP contribution in [-0.4, -0.2) is 21.6 Å². The predicted molar refractivity (Wildman–Crippen MR) is 142 cm³/mol. The number of aryl methyl sites for hydroxylation is 1. The third-order valence-corrected chi connectivity index (χ3v) is 7.99. The average Bonchev–Trinajstić information content (AvgIpc) is 3.59. The lowest BCUT2D eigenvalue weighted by atomic mass is 9.73. The second-order valence-corrected chi connectivity index (χ2v) is 11.5. The smallest absolute Gasteiger partial charge is 0.507 e. The molecule has 2 N–H and O–H groups in total. The number of carbonyl (C=O) groups is 1. The first kappa shape index (κ1) is 27.2. The lowest BCUT2D eigenvalue weighted by Gasteiger charge is -2.32. The van der Waals surface area contributed by atoms with Crippen molar-refractivity contribution in [2.45, 2.75) is 70.8 Å². The molecular formula is C29H35O7P. The molecule has 0 aromatic heterocycles. The molecule has 0 heterocycles. The largest absolute Gasteiger partial charge is 0.528 e. The topological polar surface area (TPSA) is 102 Å². The molecule has 8 heteroatoms. The van der Waals surface area contributed by atoms with Gasteiger partial charge in [0.1, 0.15) is 17.2 Å². The number of hydrogen-bond donors (Lipinski definition) is 2. The highest BCUT2D eigenvalue weighted by atomic mass is 31.2. The highest BCUT2D eigenvalue weighted by Gasteiger charge is 2.58. The highest BCUT2D eigenvalue weighted by Crippen LogP contribution is 2.56. The van der Waals surface area contributed by atoms with E-state index in [1.807, 2.05) is 20.8 Å². The molecule has 2 aliphatic rings. The maximum atomic E-state index is 13.4. The van der Waals surface area contributed by atoms with E-state index in [0.29, 0.717) is 12.0 Å². The number of para-hydroxylation sites is 1. The van der Waals surface area contributed by atoms with Gasteiger partial charge in [-0.3, -0.25) is 9.42 Å². The van der Waals surface area contributed by atoms with E-state index in [2.05, 4.69) is 12.7 Å². The number of carbonyl (C=O) groups excluding carboxylic acids is 1. The molecule has 2 aromatic rings. The van der Waals surface area contributed by atoms with E-state index in [4.69, 9.17) is 13.8 Å². The van der Waals surface area contributed by atoms with Gasteiger partial charge in [0.15, 0.2) is 5.60 Å². The molecule has 0 saturated heterocycles. The summed E-state index contributed by atoms with van der Waals surface area (Å²) in [5, 5.41) is 11.1. The first-order valence-electron chi connectivity index (χ1n) is 12.7. The van der Waals surface area contributed by atoms with Crippen molar-refractivity contribution >= 4 is 13.8 Å². The number of hydrogen-bond acceptors (Lipinski definition) is 6. The van der Waals surface area contributed by atoms with Gasteiger partial charge in [-0.05, 0) is 81.7 Å². The van der Waals surface area contributed by atoms with Gasteiger partial charge in [-0.15, -0.1) is 0 Å². The van der Waals surface area contributed by atoms with Crippen molar-refractivity contribution in [3.8, 4) is 17.2 Å². The van der Waals surface area contributed by atoms with Crippen LogP contribution in [0.5, 0.6) is 17.2 Å². The zero-order chi connectivity index (χ0) is 26.8. The van der Waals surface area contributed by atoms with Gasteiger partial charge in [-0.2, -0.15) is 0 Å². The molecule has 0 spiro atoms. The summed E-state index contributed by atoms with van der Waals surface area (Å²) in [6.45, 7) is 10.2. The first-order valence-corrected chi connectivity index (χ1v) is 14.2. The number of benzene rings is 2. The van der Waals surface area contributed by atoms with Gasteiger partial charge in [0.2, 0.25) is 0 Å². The molecule has 4 rings (SSSR count). The molecule has 198 valence electrons. The second kappa shape index (κ2) is 10.9. The van der Waals surface area contributed by atoms with Crippen molar-refractivity contribution in [3.63, 3.8) is 0 Å². The van der Waals surface area contributed by atoms with Crippen LogP contribution < -0.4 is 9.26 Å². The van der Waals surface area contributed by atoms with Crippen molar-refractivity contribution in [2.75, 3.05) is 0 Å². The van der Waals surface area contributed by atoms with Crippen LogP contribution in [0.4, 0.5) is 0 Å². The Morgan fingerprint density at radius 1 is 1.22 bits per heavy atom. The number of aromatic hydroxyl groups is 1. The van der Waals surface area contributed by atoms with E-state index >= 15 is 0 Å². The molecule has 1 unspecified atom stereocenters. The summed E-state index contributed by atoms with van der Waals surface area (Å²) in [5.74, 6) is -0.471. The van der Waals surface area contributed by atoms with E-state index < -0.39 is 19.4 Å². The molecule has 1 saturated carbocycles. The normalized spacial score (nSPS) is 21.9. The van der Waals surface area contributed by atoms with E-state index in [-0.39, 0.29) is 41.9 Å². The fraction of sp³-hybridized carbons (Fsp3) is 0.414. The Morgan fingerprint density at radius 3 is 2.54 bits per heavy atom. The SMILES string of the molecule is C=C(C)[C@@H]1CCC(C)=C[C@H]1c1c(O)cc(CCC)cc1OC(=O)C1(OP(=O)(O)Oc2ccccc2)CC1. The predicted octanol–water partition coefficient (Wildman–Crippen LogP) is 6.99. The molecule has 0 aliphatic heterocycles. The minimum absolute atomic E-state index is 0.0574. The quantitative estimate of drug-likeness (QED) is 0.149. The molecular weight excluding hydrogens is 491 g/mol. The number of phenolic OH excluding ortho intramolecular Hbond substituents is 1. The number of ether oxygens (including phenoxy) is 1. The zero-order valence-electron chi connectivity index (χ0n) is 21.6. The lowest BCUT2D eigenvalue weighted by Crippen LogP contribution is -2.31. The van der Waals surface area contributed by atoms with Crippen LogP contribution >= 0.6 is 7.82 Å². The minimum atomic E-state index is -4.60. The van der Waals surface area contributed by atoms with Crippen LogP contribution in [0.15, 0.2) is 66.3 Å². The monoisotopic (exact) mass is 526 g/mol. The Kier molecular flexibility index (Phi) is 7.98. The van der Waals surface area contributed by atoms with Crippen LogP contribution in [0.3, 0.4) is 0 Å². The Hall–Kier alpha value is -2.86. The molecule has 2 aromatic carbocycles. The number of phosphoric acid groups is 1. The number of esters is 1. The van der Waals surface area contributed by atoms with Gasteiger partial charge >= 0.3 is 13.8 Å². The molecule has 3 atom stereocenters. The lowest BCUT2D eigenvalue weighted by molar-refractivity contribution is -0.145. The van der Waals surface area contributed by atoms with E-state index in [1.54, 1.807) is 30.3 Å². The first-order chi connectivity index (χ1) is 17.5. The van der Waals surface area contributed by atoms with Crippen LogP contribution in [0, 0.1) is 5.92 Å². The molecule has 0 bridgehead atoms. The summed E-state index contributed by atoms with van der Waals surface area (Å²) < 4.78 is 29.1. The van der Waals surface area contributed by atoms with Crippen LogP contribution in [0.2, 0.25) is 0 Å². The fourth-order valence-electron chi connectivity index (χ4n) is 4.92. The third-order valence-electron chi connectivity index (χ3n) is 6.97. The summed E-state index contributed by atoms with van der Waals surface area (Å²) >= 11 is 0. The van der Waals surface area contributed by atoms with E-state index in [9.17, 15) is 19.4 Å². The van der Waals surface area contributed by atoms with E-state index in [0.717, 1.165) is 30.4 Å².